The number of fused-ring (bicyclic) bond motifs is 5. The molecule has 3 nitrogen and oxygen atoms in total. The predicted octanol–water partition coefficient (Wildman–Crippen LogP) is 5.28. The molecule has 0 unspecified atom stereocenters. The number of nitrogen functional groups attached to an aromatic ring is 1. The van der Waals surface area contributed by atoms with Gasteiger partial charge in [0.2, 0.25) is 0 Å². The van der Waals surface area contributed by atoms with Crippen molar-refractivity contribution in [3.8, 4) is 5.75 Å². The number of anilines is 1. The van der Waals surface area contributed by atoms with Crippen LogP contribution in [0.1, 0.15) is 61.6 Å². The average molecular weight is 390 g/mol. The highest BCUT2D eigenvalue weighted by Crippen LogP contribution is 2.66. The van der Waals surface area contributed by atoms with Gasteiger partial charge in [-0.25, -0.2) is 0 Å². The number of phenols is 1. The van der Waals surface area contributed by atoms with E-state index in [1.807, 2.05) is 36.4 Å². The Morgan fingerprint density at radius 2 is 1.83 bits per heavy atom. The van der Waals surface area contributed by atoms with Crippen molar-refractivity contribution in [1.82, 2.24) is 0 Å². The number of hydrogen-bond acceptors (Lipinski definition) is 3. The van der Waals surface area contributed by atoms with Gasteiger partial charge in [0.25, 0.3) is 0 Å². The van der Waals surface area contributed by atoms with Crippen LogP contribution in [-0.2, 0) is 6.42 Å². The number of rotatable bonds is 2. The van der Waals surface area contributed by atoms with Gasteiger partial charge in [-0.05, 0) is 103 Å². The Hall–Kier alpha value is -2.26. The lowest BCUT2D eigenvalue weighted by Gasteiger charge is -2.53. The van der Waals surface area contributed by atoms with Gasteiger partial charge in [-0.3, -0.25) is 0 Å². The summed E-state index contributed by atoms with van der Waals surface area (Å²) in [4.78, 5) is 0. The smallest absolute Gasteiger partial charge is 0.115 e. The monoisotopic (exact) mass is 389 g/mol. The predicted molar refractivity (Wildman–Crippen MR) is 118 cm³/mol. The van der Waals surface area contributed by atoms with E-state index >= 15 is 0 Å². The van der Waals surface area contributed by atoms with Crippen molar-refractivity contribution in [2.75, 3.05) is 5.73 Å². The van der Waals surface area contributed by atoms with Gasteiger partial charge in [-0.15, -0.1) is 0 Å². The first kappa shape index (κ1) is 18.7. The van der Waals surface area contributed by atoms with Crippen molar-refractivity contribution in [3.05, 3.63) is 65.7 Å². The van der Waals surface area contributed by atoms with Crippen LogP contribution in [0.3, 0.4) is 0 Å². The summed E-state index contributed by atoms with van der Waals surface area (Å²) in [5.74, 6) is 2.01. The van der Waals surface area contributed by atoms with Crippen LogP contribution in [0.2, 0.25) is 0 Å². The molecule has 2 aromatic carbocycles. The summed E-state index contributed by atoms with van der Waals surface area (Å²) in [6.45, 7) is 6.68. The third-order valence-electron chi connectivity index (χ3n) is 8.62. The highest BCUT2D eigenvalue weighted by Gasteiger charge is 2.62. The highest BCUT2D eigenvalue weighted by molar-refractivity contribution is 5.72. The van der Waals surface area contributed by atoms with Gasteiger partial charge in [0.15, 0.2) is 0 Å². The van der Waals surface area contributed by atoms with Crippen LogP contribution in [0.4, 0.5) is 5.69 Å². The minimum Gasteiger partial charge on any atom is -0.508 e. The van der Waals surface area contributed by atoms with E-state index in [1.165, 1.54) is 11.1 Å². The second kappa shape index (κ2) is 6.37. The molecule has 2 aromatic rings. The zero-order valence-electron chi connectivity index (χ0n) is 17.2. The van der Waals surface area contributed by atoms with E-state index in [9.17, 15) is 10.2 Å². The normalized spacial score (nSPS) is 35.4. The molecule has 0 amide bonds. The second-order valence-corrected chi connectivity index (χ2v) is 9.75. The van der Waals surface area contributed by atoms with E-state index in [2.05, 4.69) is 19.6 Å². The fourth-order valence-electron chi connectivity index (χ4n) is 7.00. The van der Waals surface area contributed by atoms with Crippen molar-refractivity contribution >= 4 is 11.3 Å². The van der Waals surface area contributed by atoms with Crippen molar-refractivity contribution in [3.63, 3.8) is 0 Å². The molecule has 3 heteroatoms. The molecule has 152 valence electrons. The molecule has 0 radical (unpaired) electrons. The number of benzene rings is 2. The number of aliphatic hydroxyl groups is 1. The largest absolute Gasteiger partial charge is 0.508 e. The lowest BCUT2D eigenvalue weighted by atomic mass is 9.52. The van der Waals surface area contributed by atoms with Gasteiger partial charge >= 0.3 is 0 Å². The molecular formula is C26H31NO2. The maximum atomic E-state index is 12.0. The molecular weight excluding hydrogens is 358 g/mol. The number of nitrogens with two attached hydrogens (primary N) is 1. The molecule has 0 bridgehead atoms. The SMILES string of the molecule is C=C(c1ccc(N)cc1)[C@]1(O)CC[C@H]2[C@@H]3CCc4cc(O)ccc4[C@H]3CC[C@@]21C. The second-order valence-electron chi connectivity index (χ2n) is 9.75. The first-order valence-electron chi connectivity index (χ1n) is 10.9. The summed E-state index contributed by atoms with van der Waals surface area (Å²) in [5.41, 5.74) is 10.2. The fourth-order valence-corrected chi connectivity index (χ4v) is 7.00. The van der Waals surface area contributed by atoms with Crippen molar-refractivity contribution in [2.24, 2.45) is 17.3 Å². The molecule has 5 atom stereocenters. The summed E-state index contributed by atoms with van der Waals surface area (Å²) in [6.07, 6.45) is 6.09. The van der Waals surface area contributed by atoms with Crippen molar-refractivity contribution in [2.45, 2.75) is 57.0 Å². The van der Waals surface area contributed by atoms with Crippen LogP contribution in [0, 0.1) is 17.3 Å². The molecule has 0 heterocycles. The van der Waals surface area contributed by atoms with Crippen molar-refractivity contribution < 1.29 is 10.2 Å². The summed E-state index contributed by atoms with van der Waals surface area (Å²) >= 11 is 0. The van der Waals surface area contributed by atoms with Gasteiger partial charge in [0.05, 0.1) is 5.60 Å². The Labute approximate surface area is 173 Å². The summed E-state index contributed by atoms with van der Waals surface area (Å²) in [5, 5.41) is 21.9. The Bertz CT molecular complexity index is 965. The molecule has 0 aliphatic heterocycles. The highest BCUT2D eigenvalue weighted by atomic mass is 16.3. The number of aromatic hydroxyl groups is 1. The van der Waals surface area contributed by atoms with E-state index in [4.69, 9.17) is 5.73 Å². The zero-order chi connectivity index (χ0) is 20.4. The fraction of sp³-hybridized carbons (Fsp3) is 0.462. The number of hydrogen-bond donors (Lipinski definition) is 3. The van der Waals surface area contributed by atoms with Crippen LogP contribution in [0.25, 0.3) is 5.57 Å². The van der Waals surface area contributed by atoms with Crippen LogP contribution in [-0.4, -0.2) is 15.8 Å². The number of phenolic OH excluding ortho intramolecular Hbond substituents is 1. The quantitative estimate of drug-likeness (QED) is 0.613. The molecule has 3 aliphatic rings. The topological polar surface area (TPSA) is 66.5 Å². The van der Waals surface area contributed by atoms with E-state index < -0.39 is 5.60 Å². The Kier molecular flexibility index (Phi) is 4.12. The van der Waals surface area contributed by atoms with Crippen LogP contribution < -0.4 is 5.73 Å². The van der Waals surface area contributed by atoms with Gasteiger partial charge in [0, 0.05) is 11.1 Å². The molecule has 0 spiro atoms. The minimum atomic E-state index is -0.867. The van der Waals surface area contributed by atoms with Crippen LogP contribution in [0.5, 0.6) is 5.75 Å². The summed E-state index contributed by atoms with van der Waals surface area (Å²) in [6, 6.07) is 13.7. The van der Waals surface area contributed by atoms with E-state index in [-0.39, 0.29) is 5.41 Å². The van der Waals surface area contributed by atoms with Gasteiger partial charge in [-0.1, -0.05) is 31.7 Å². The third kappa shape index (κ3) is 2.60. The molecule has 0 aromatic heterocycles. The Morgan fingerprint density at radius 1 is 1.07 bits per heavy atom. The molecule has 2 fully saturated rings. The maximum absolute atomic E-state index is 12.0. The lowest BCUT2D eigenvalue weighted by molar-refractivity contribution is -0.0641. The molecule has 2 saturated carbocycles. The van der Waals surface area contributed by atoms with Gasteiger partial charge < -0.3 is 15.9 Å². The Morgan fingerprint density at radius 3 is 2.59 bits per heavy atom. The summed E-state index contributed by atoms with van der Waals surface area (Å²) in [7, 11) is 0. The van der Waals surface area contributed by atoms with Gasteiger partial charge in [0.1, 0.15) is 5.75 Å². The zero-order valence-corrected chi connectivity index (χ0v) is 17.2. The average Bonchev–Trinajstić information content (AvgIpc) is 2.99. The molecule has 0 saturated heterocycles. The van der Waals surface area contributed by atoms with Crippen LogP contribution >= 0.6 is 0 Å². The van der Waals surface area contributed by atoms with Crippen molar-refractivity contribution in [1.29, 1.82) is 0 Å². The summed E-state index contributed by atoms with van der Waals surface area (Å²) < 4.78 is 0. The minimum absolute atomic E-state index is 0.152. The Balaban J connectivity index is 1.48. The van der Waals surface area contributed by atoms with E-state index in [1.54, 1.807) is 0 Å². The standard InChI is InChI=1S/C26H31NO2/c1-16(17-3-6-19(27)7-4-17)26(29)14-12-24-23-9-5-18-15-20(28)8-10-21(18)22(23)11-13-25(24,26)2/h3-4,6-8,10,15,22-24,28-29H,1,5,9,11-14,27H2,2H3/t22-,23-,24+,25+,26-/m1/s1. The first-order chi connectivity index (χ1) is 13.8. The van der Waals surface area contributed by atoms with Gasteiger partial charge in [-0.2, -0.15) is 0 Å². The van der Waals surface area contributed by atoms with E-state index in [0.717, 1.165) is 55.3 Å². The lowest BCUT2D eigenvalue weighted by Crippen LogP contribution is -2.51. The molecule has 5 rings (SSSR count). The third-order valence-corrected chi connectivity index (χ3v) is 8.62. The molecule has 3 aliphatic carbocycles. The molecule has 4 N–H and O–H groups in total. The van der Waals surface area contributed by atoms with Crippen LogP contribution in [0.15, 0.2) is 49.0 Å². The number of aryl methyl sites for hydroxylation is 1. The van der Waals surface area contributed by atoms with E-state index in [0.29, 0.717) is 23.5 Å². The molecule has 29 heavy (non-hydrogen) atoms. The first-order valence-corrected chi connectivity index (χ1v) is 10.9. The maximum Gasteiger partial charge on any atom is 0.115 e.